The van der Waals surface area contributed by atoms with Crippen molar-refractivity contribution in [2.45, 2.75) is 19.7 Å². The quantitative estimate of drug-likeness (QED) is 0.408. The predicted molar refractivity (Wildman–Crippen MR) is 33.6 cm³/mol. The van der Waals surface area contributed by atoms with Crippen molar-refractivity contribution >= 4 is 19.3 Å². The van der Waals surface area contributed by atoms with Gasteiger partial charge in [0.25, 0.3) is 0 Å². The Balaban J connectivity index is 3.83. The highest BCUT2D eigenvalue weighted by Gasteiger charge is 2.07. The molecule has 8 heavy (non-hydrogen) atoms. The summed E-state index contributed by atoms with van der Waals surface area (Å²) in [6.07, 6.45) is 0. The molecule has 0 aromatic rings. The lowest BCUT2D eigenvalue weighted by atomic mass is 9.81. The van der Waals surface area contributed by atoms with E-state index in [0.29, 0.717) is 0 Å². The van der Waals surface area contributed by atoms with Crippen molar-refractivity contribution in [3.63, 3.8) is 0 Å². The Morgan fingerprint density at radius 3 is 2.00 bits per heavy atom. The van der Waals surface area contributed by atoms with Crippen molar-refractivity contribution < 1.29 is 4.79 Å². The number of carbonyl (C=O) groups excluding carboxylic acids is 1. The summed E-state index contributed by atoms with van der Waals surface area (Å²) in [5.41, 5.74) is 0.220. The summed E-state index contributed by atoms with van der Waals surface area (Å²) in [5, 5.41) is 6.88. The lowest BCUT2D eigenvalue weighted by molar-refractivity contribution is -0.115. The van der Waals surface area contributed by atoms with Crippen LogP contribution in [0.25, 0.3) is 0 Å². The maximum Gasteiger partial charge on any atom is 0.129 e. The van der Waals surface area contributed by atoms with Gasteiger partial charge in [0, 0.05) is 11.5 Å². The highest BCUT2D eigenvalue weighted by Crippen LogP contribution is 1.99. The van der Waals surface area contributed by atoms with Crippen LogP contribution in [0.2, 0.25) is 5.82 Å². The van der Waals surface area contributed by atoms with Crippen molar-refractivity contribution in [2.75, 3.05) is 0 Å². The van der Waals surface area contributed by atoms with Crippen LogP contribution in [0.15, 0.2) is 0 Å². The number of nitrogens with one attached hydrogen (secondary N) is 1. The Morgan fingerprint density at radius 2 is 2.00 bits per heavy atom. The summed E-state index contributed by atoms with van der Waals surface area (Å²) in [4.78, 5) is 10.3. The van der Waals surface area contributed by atoms with E-state index in [1.807, 2.05) is 0 Å². The molecule has 2 radical (unpaired) electrons. The van der Waals surface area contributed by atoms with Gasteiger partial charge < -0.3 is 10.2 Å². The molecule has 0 spiro atoms. The molecule has 0 bridgehead atoms. The molecule has 0 aliphatic heterocycles. The SMILES string of the molecule is [B]C(C(C)=N)C(C)=O. The van der Waals surface area contributed by atoms with Gasteiger partial charge in [-0.05, 0) is 13.8 Å². The van der Waals surface area contributed by atoms with Crippen LogP contribution in [-0.2, 0) is 4.79 Å². The van der Waals surface area contributed by atoms with Gasteiger partial charge in [-0.1, -0.05) is 0 Å². The second-order valence-electron chi connectivity index (χ2n) is 1.77. The van der Waals surface area contributed by atoms with Crippen LogP contribution in [0.1, 0.15) is 13.8 Å². The number of hydrogen-bond donors (Lipinski definition) is 1. The maximum atomic E-state index is 10.3. The fourth-order valence-corrected chi connectivity index (χ4v) is 0.305. The molecule has 0 fully saturated rings. The van der Waals surface area contributed by atoms with Crippen molar-refractivity contribution in [2.24, 2.45) is 0 Å². The number of ketones is 1. The lowest BCUT2D eigenvalue weighted by Gasteiger charge is -2.01. The van der Waals surface area contributed by atoms with Crippen molar-refractivity contribution in [1.82, 2.24) is 0 Å². The van der Waals surface area contributed by atoms with Gasteiger partial charge in [0.2, 0.25) is 0 Å². The molecular weight excluding hydrogens is 101 g/mol. The van der Waals surface area contributed by atoms with Gasteiger partial charge in [0.05, 0.1) is 7.85 Å². The van der Waals surface area contributed by atoms with Crippen LogP contribution in [0, 0.1) is 5.41 Å². The molecule has 0 aromatic carbocycles. The first-order valence-electron chi connectivity index (χ1n) is 2.36. The third-order valence-electron chi connectivity index (χ3n) is 0.904. The smallest absolute Gasteiger partial charge is 0.129 e. The fraction of sp³-hybridized carbons (Fsp3) is 0.600. The minimum Gasteiger partial charge on any atom is -0.310 e. The molecule has 0 aromatic heterocycles. The van der Waals surface area contributed by atoms with E-state index in [1.165, 1.54) is 13.8 Å². The molecule has 0 aliphatic carbocycles. The van der Waals surface area contributed by atoms with Crippen LogP contribution in [0.3, 0.4) is 0 Å². The molecule has 0 amide bonds. The van der Waals surface area contributed by atoms with Gasteiger partial charge in [-0.15, -0.1) is 0 Å². The first-order chi connectivity index (χ1) is 3.55. The molecule has 0 rings (SSSR count). The topological polar surface area (TPSA) is 40.9 Å². The van der Waals surface area contributed by atoms with Crippen LogP contribution in [0.5, 0.6) is 0 Å². The van der Waals surface area contributed by atoms with Gasteiger partial charge in [0.1, 0.15) is 5.78 Å². The summed E-state index contributed by atoms with van der Waals surface area (Å²) in [6.45, 7) is 2.90. The Bertz CT molecular complexity index is 108. The Labute approximate surface area is 50.2 Å². The monoisotopic (exact) mass is 109 g/mol. The number of Topliss-reactive ketones (excluding diaryl/α,β-unsaturated/α-hetero) is 1. The zero-order valence-electron chi connectivity index (χ0n) is 5.06. The standard InChI is InChI=1S/C5H8BNO/c1-3(7)5(6)4(2)8/h5,7H,1-2H3. The highest BCUT2D eigenvalue weighted by atomic mass is 16.1. The minimum absolute atomic E-state index is 0.155. The van der Waals surface area contributed by atoms with E-state index in [9.17, 15) is 4.79 Å². The number of carbonyl (C=O) groups is 1. The zero-order valence-corrected chi connectivity index (χ0v) is 5.06. The molecule has 2 nitrogen and oxygen atoms in total. The van der Waals surface area contributed by atoms with Crippen LogP contribution < -0.4 is 0 Å². The highest BCUT2D eigenvalue weighted by molar-refractivity contribution is 6.36. The van der Waals surface area contributed by atoms with Crippen molar-refractivity contribution in [1.29, 1.82) is 5.41 Å². The molecule has 1 atom stereocenters. The molecule has 0 heterocycles. The number of hydrogen-bond acceptors (Lipinski definition) is 2. The first kappa shape index (κ1) is 7.40. The van der Waals surface area contributed by atoms with Crippen molar-refractivity contribution in [3.05, 3.63) is 0 Å². The maximum absolute atomic E-state index is 10.3. The third kappa shape index (κ3) is 1.91. The lowest BCUT2D eigenvalue weighted by Crippen LogP contribution is -2.11. The molecule has 3 heteroatoms. The molecular formula is C5H8BNO. The van der Waals surface area contributed by atoms with Gasteiger partial charge in [-0.3, -0.25) is 0 Å². The molecule has 0 aliphatic rings. The first-order valence-corrected chi connectivity index (χ1v) is 2.36. The van der Waals surface area contributed by atoms with Crippen LogP contribution >= 0.6 is 0 Å². The summed E-state index contributed by atoms with van der Waals surface area (Å²) in [7, 11) is 5.19. The van der Waals surface area contributed by atoms with E-state index in [0.717, 1.165) is 0 Å². The van der Waals surface area contributed by atoms with E-state index in [4.69, 9.17) is 13.3 Å². The summed E-state index contributed by atoms with van der Waals surface area (Å²) in [6, 6.07) is 0. The van der Waals surface area contributed by atoms with Gasteiger partial charge in [-0.25, -0.2) is 0 Å². The van der Waals surface area contributed by atoms with E-state index in [2.05, 4.69) is 0 Å². The van der Waals surface area contributed by atoms with Gasteiger partial charge >= 0.3 is 0 Å². The molecule has 1 N–H and O–H groups in total. The van der Waals surface area contributed by atoms with Crippen LogP contribution in [-0.4, -0.2) is 19.3 Å². The Kier molecular flexibility index (Phi) is 2.45. The average Bonchev–Trinajstić information content (AvgIpc) is 1.64. The van der Waals surface area contributed by atoms with Gasteiger partial charge in [-0.2, -0.15) is 0 Å². The predicted octanol–water partition coefficient (Wildman–Crippen LogP) is 0.572. The summed E-state index contributed by atoms with van der Waals surface area (Å²) in [5.74, 6) is -0.840. The zero-order chi connectivity index (χ0) is 6.73. The minimum atomic E-state index is -0.685. The van der Waals surface area contributed by atoms with Gasteiger partial charge in [0.15, 0.2) is 0 Å². The second kappa shape index (κ2) is 2.65. The molecule has 42 valence electrons. The van der Waals surface area contributed by atoms with E-state index >= 15 is 0 Å². The molecule has 1 unspecified atom stereocenters. The third-order valence-corrected chi connectivity index (χ3v) is 0.904. The van der Waals surface area contributed by atoms with Crippen LogP contribution in [0.4, 0.5) is 0 Å². The summed E-state index contributed by atoms with van der Waals surface area (Å²) < 4.78 is 0. The van der Waals surface area contributed by atoms with E-state index in [-0.39, 0.29) is 11.5 Å². The Morgan fingerprint density at radius 1 is 1.62 bits per heavy atom. The largest absolute Gasteiger partial charge is 0.310 e. The average molecular weight is 109 g/mol. The molecule has 0 saturated heterocycles. The fourth-order valence-electron chi connectivity index (χ4n) is 0.305. The summed E-state index contributed by atoms with van der Waals surface area (Å²) >= 11 is 0. The van der Waals surface area contributed by atoms with E-state index in [1.54, 1.807) is 0 Å². The van der Waals surface area contributed by atoms with Crippen molar-refractivity contribution in [3.8, 4) is 0 Å². The van der Waals surface area contributed by atoms with E-state index < -0.39 is 5.82 Å². The molecule has 0 saturated carbocycles. The second-order valence-corrected chi connectivity index (χ2v) is 1.77. The normalized spacial score (nSPS) is 12.8. The Hall–Kier alpha value is -0.595. The number of rotatable bonds is 2.